The van der Waals surface area contributed by atoms with Gasteiger partial charge in [-0.2, -0.15) is 0 Å². The van der Waals surface area contributed by atoms with Crippen molar-refractivity contribution in [3.63, 3.8) is 0 Å². The molecule has 1 amide bonds. The number of amides is 1. The number of aromatic nitrogens is 2. The predicted molar refractivity (Wildman–Crippen MR) is 135 cm³/mol. The molecule has 7 heteroatoms. The Morgan fingerprint density at radius 3 is 2.69 bits per heavy atom. The van der Waals surface area contributed by atoms with E-state index >= 15 is 4.39 Å². The topological polar surface area (TPSA) is 59.4 Å². The normalized spacial score (nSPS) is 14.0. The highest BCUT2D eigenvalue weighted by molar-refractivity contribution is 5.99. The van der Waals surface area contributed by atoms with Crippen LogP contribution in [-0.2, 0) is 6.54 Å². The minimum absolute atomic E-state index is 0.0205. The monoisotopic (exact) mass is 472 g/mol. The van der Waals surface area contributed by atoms with Crippen LogP contribution in [0.5, 0.6) is 11.5 Å². The van der Waals surface area contributed by atoms with Crippen LogP contribution in [0.3, 0.4) is 0 Å². The maximum Gasteiger partial charge on any atom is 0.254 e. The maximum atomic E-state index is 15.0. The van der Waals surface area contributed by atoms with E-state index in [4.69, 9.17) is 4.74 Å². The zero-order valence-electron chi connectivity index (χ0n) is 20.4. The third-order valence-corrected chi connectivity index (χ3v) is 6.59. The lowest BCUT2D eigenvalue weighted by Crippen LogP contribution is -2.22. The van der Waals surface area contributed by atoms with Crippen molar-refractivity contribution in [1.29, 1.82) is 0 Å². The number of carbonyl (C=O) groups is 1. The number of benzene rings is 2. The Morgan fingerprint density at radius 2 is 1.94 bits per heavy atom. The molecule has 180 valence electrons. The molecule has 0 aliphatic carbocycles. The zero-order valence-corrected chi connectivity index (χ0v) is 20.4. The summed E-state index contributed by atoms with van der Waals surface area (Å²) in [4.78, 5) is 18.7. The molecular weight excluding hydrogens is 443 g/mol. The molecule has 0 fully saturated rings. The fourth-order valence-electron chi connectivity index (χ4n) is 4.61. The second-order valence-corrected chi connectivity index (χ2v) is 9.20. The highest BCUT2D eigenvalue weighted by Gasteiger charge is 2.29. The number of rotatable bonds is 7. The average molecular weight is 473 g/mol. The molecule has 1 aliphatic rings. The maximum absolute atomic E-state index is 15.0. The number of fused-ring (bicyclic) bond motifs is 2. The first-order valence-corrected chi connectivity index (χ1v) is 12.0. The average Bonchev–Trinajstić information content (AvgIpc) is 3.41. The van der Waals surface area contributed by atoms with Gasteiger partial charge in [0.05, 0.1) is 12.6 Å². The van der Waals surface area contributed by atoms with Gasteiger partial charge in [-0.25, -0.2) is 9.37 Å². The summed E-state index contributed by atoms with van der Waals surface area (Å²) in [6.45, 7) is 9.34. The first-order chi connectivity index (χ1) is 16.9. The van der Waals surface area contributed by atoms with Crippen molar-refractivity contribution in [2.24, 2.45) is 0 Å². The SMILES string of the molecule is CCN1Cc2c(ccnc2NC(C)c2ccc(Oc3ccc4c(ccn4C(C)C)c3)c(F)c2)C1=O. The minimum atomic E-state index is -0.436. The van der Waals surface area contributed by atoms with Crippen molar-refractivity contribution < 1.29 is 13.9 Å². The van der Waals surface area contributed by atoms with Crippen LogP contribution in [0.2, 0.25) is 0 Å². The Hall–Kier alpha value is -3.87. The third-order valence-electron chi connectivity index (χ3n) is 6.59. The highest BCUT2D eigenvalue weighted by atomic mass is 19.1. The molecule has 0 spiro atoms. The van der Waals surface area contributed by atoms with Gasteiger partial charge in [0.1, 0.15) is 11.6 Å². The minimum Gasteiger partial charge on any atom is -0.454 e. The van der Waals surface area contributed by atoms with Gasteiger partial charge in [0.25, 0.3) is 5.91 Å². The fraction of sp³-hybridized carbons (Fsp3) is 0.286. The van der Waals surface area contributed by atoms with E-state index in [1.54, 1.807) is 23.2 Å². The number of anilines is 1. The number of nitrogens with one attached hydrogen (secondary N) is 1. The summed E-state index contributed by atoms with van der Waals surface area (Å²) in [6, 6.07) is 14.7. The first-order valence-electron chi connectivity index (χ1n) is 12.0. The molecular formula is C28H29FN4O2. The standard InChI is InChI=1S/C28H29FN4O2/c1-5-32-16-23-22(28(32)34)10-12-30-27(23)31-18(4)19-6-9-26(24(29)15-19)35-21-7-8-25-20(14-21)11-13-33(25)17(2)3/h6-15,17-18H,5,16H2,1-4H3,(H,30,31). The summed E-state index contributed by atoms with van der Waals surface area (Å²) >= 11 is 0. The van der Waals surface area contributed by atoms with Crippen molar-refractivity contribution in [1.82, 2.24) is 14.5 Å². The van der Waals surface area contributed by atoms with Crippen molar-refractivity contribution >= 4 is 22.6 Å². The molecule has 1 atom stereocenters. The molecule has 2 aromatic heterocycles. The molecule has 1 aliphatic heterocycles. The molecule has 35 heavy (non-hydrogen) atoms. The number of halogens is 1. The van der Waals surface area contributed by atoms with Gasteiger partial charge in [0, 0.05) is 47.0 Å². The van der Waals surface area contributed by atoms with E-state index in [0.29, 0.717) is 36.3 Å². The number of hydrogen-bond donors (Lipinski definition) is 1. The van der Waals surface area contributed by atoms with Crippen molar-refractivity contribution in [3.05, 3.63) is 83.4 Å². The summed E-state index contributed by atoms with van der Waals surface area (Å²) in [7, 11) is 0. The third kappa shape index (κ3) is 4.22. The summed E-state index contributed by atoms with van der Waals surface area (Å²) in [5.41, 5.74) is 3.43. The molecule has 5 rings (SSSR count). The van der Waals surface area contributed by atoms with Crippen molar-refractivity contribution in [3.8, 4) is 11.5 Å². The largest absolute Gasteiger partial charge is 0.454 e. The number of carbonyl (C=O) groups excluding carboxylic acids is 1. The second-order valence-electron chi connectivity index (χ2n) is 9.20. The van der Waals surface area contributed by atoms with Gasteiger partial charge in [-0.3, -0.25) is 4.79 Å². The highest BCUT2D eigenvalue weighted by Crippen LogP contribution is 2.33. The van der Waals surface area contributed by atoms with Gasteiger partial charge in [0.15, 0.2) is 11.6 Å². The summed E-state index contributed by atoms with van der Waals surface area (Å²) < 4.78 is 23.1. The van der Waals surface area contributed by atoms with E-state index in [1.165, 1.54) is 6.07 Å². The van der Waals surface area contributed by atoms with Crippen LogP contribution in [0, 0.1) is 5.82 Å². The molecule has 2 aromatic carbocycles. The first kappa shape index (κ1) is 22.9. The summed E-state index contributed by atoms with van der Waals surface area (Å²) in [5.74, 6) is 1.00. The molecule has 1 unspecified atom stereocenters. The number of nitrogens with zero attached hydrogens (tertiary/aromatic N) is 3. The molecule has 0 bridgehead atoms. The van der Waals surface area contributed by atoms with Crippen molar-refractivity contribution in [2.75, 3.05) is 11.9 Å². The Labute approximate surface area is 204 Å². The Morgan fingerprint density at radius 1 is 1.11 bits per heavy atom. The van der Waals surface area contributed by atoms with Crippen LogP contribution in [0.1, 0.15) is 61.3 Å². The molecule has 6 nitrogen and oxygen atoms in total. The Balaban J connectivity index is 1.33. The van der Waals surface area contributed by atoms with Crippen LogP contribution in [-0.4, -0.2) is 26.9 Å². The molecule has 3 heterocycles. The lowest BCUT2D eigenvalue weighted by molar-refractivity contribution is 0.0787. The van der Waals surface area contributed by atoms with Gasteiger partial charge in [-0.05, 0) is 75.7 Å². The van der Waals surface area contributed by atoms with Crippen LogP contribution in [0.25, 0.3) is 10.9 Å². The van der Waals surface area contributed by atoms with E-state index in [1.807, 2.05) is 44.2 Å². The van der Waals surface area contributed by atoms with E-state index in [-0.39, 0.29) is 17.7 Å². The van der Waals surface area contributed by atoms with E-state index in [0.717, 1.165) is 22.0 Å². The van der Waals surface area contributed by atoms with Gasteiger partial charge in [0.2, 0.25) is 0 Å². The molecule has 0 saturated heterocycles. The van der Waals surface area contributed by atoms with Crippen LogP contribution in [0.15, 0.2) is 60.9 Å². The van der Waals surface area contributed by atoms with Crippen LogP contribution >= 0.6 is 0 Å². The lowest BCUT2D eigenvalue weighted by atomic mass is 10.1. The van der Waals surface area contributed by atoms with Crippen LogP contribution in [0.4, 0.5) is 10.2 Å². The number of hydrogen-bond acceptors (Lipinski definition) is 4. The van der Waals surface area contributed by atoms with Gasteiger partial charge in [-0.15, -0.1) is 0 Å². The molecule has 1 N–H and O–H groups in total. The van der Waals surface area contributed by atoms with Gasteiger partial charge < -0.3 is 19.5 Å². The molecule has 0 radical (unpaired) electrons. The zero-order chi connectivity index (χ0) is 24.7. The van der Waals surface area contributed by atoms with E-state index in [9.17, 15) is 4.79 Å². The summed E-state index contributed by atoms with van der Waals surface area (Å²) in [6.07, 6.45) is 3.68. The van der Waals surface area contributed by atoms with Crippen LogP contribution < -0.4 is 10.1 Å². The molecule has 0 saturated carbocycles. The van der Waals surface area contributed by atoms with Crippen molar-refractivity contribution in [2.45, 2.75) is 46.3 Å². The fourth-order valence-corrected chi connectivity index (χ4v) is 4.61. The van der Waals surface area contributed by atoms with E-state index < -0.39 is 5.82 Å². The second kappa shape index (κ2) is 9.06. The van der Waals surface area contributed by atoms with Gasteiger partial charge >= 0.3 is 0 Å². The summed E-state index contributed by atoms with van der Waals surface area (Å²) in [5, 5.41) is 4.40. The Kier molecular flexibility index (Phi) is 5.93. The molecule has 4 aromatic rings. The predicted octanol–water partition coefficient (Wildman–Crippen LogP) is 6.70. The number of pyridine rings is 1. The quantitative estimate of drug-likeness (QED) is 0.325. The van der Waals surface area contributed by atoms with E-state index in [2.05, 4.69) is 34.9 Å². The lowest BCUT2D eigenvalue weighted by Gasteiger charge is -2.18. The van der Waals surface area contributed by atoms with Gasteiger partial charge in [-0.1, -0.05) is 6.07 Å². The Bertz CT molecular complexity index is 1410. The smallest absolute Gasteiger partial charge is 0.254 e. The number of ether oxygens (including phenoxy) is 1.